The van der Waals surface area contributed by atoms with Gasteiger partial charge in [-0.05, 0) is 12.8 Å². The van der Waals surface area contributed by atoms with Gasteiger partial charge in [0.15, 0.2) is 0 Å². The average Bonchev–Trinajstić information content (AvgIpc) is 2.27. The summed E-state index contributed by atoms with van der Waals surface area (Å²) in [5.74, 6) is 0. The molecular formula is C15H29O. The molecular weight excluding hydrogens is 196 g/mol. The second kappa shape index (κ2) is 12.8. The van der Waals surface area contributed by atoms with Crippen molar-refractivity contribution >= 4 is 0 Å². The van der Waals surface area contributed by atoms with Crippen LogP contribution in [0.2, 0.25) is 0 Å². The molecule has 0 amide bonds. The van der Waals surface area contributed by atoms with E-state index in [9.17, 15) is 5.11 Å². The van der Waals surface area contributed by atoms with Gasteiger partial charge in [0, 0.05) is 0 Å². The number of hydrogen-bond acceptors (Lipinski definition) is 1. The lowest BCUT2D eigenvalue weighted by molar-refractivity contribution is 0.275. The minimum absolute atomic E-state index is 0.595. The molecule has 0 aromatic rings. The maximum absolute atomic E-state index is 9.39. The molecule has 0 aliphatic carbocycles. The molecule has 0 unspecified atom stereocenters. The third-order valence-corrected chi connectivity index (χ3v) is 2.95. The van der Waals surface area contributed by atoms with Crippen LogP contribution in [-0.4, -0.2) is 5.11 Å². The summed E-state index contributed by atoms with van der Waals surface area (Å²) in [5, 5.41) is 9.39. The molecule has 0 saturated heterocycles. The molecule has 0 atom stereocenters. The van der Waals surface area contributed by atoms with Crippen molar-refractivity contribution in [3.63, 3.8) is 0 Å². The molecule has 0 heterocycles. The van der Waals surface area contributed by atoms with E-state index >= 15 is 0 Å². The Bertz CT molecular complexity index is 142. The summed E-state index contributed by atoms with van der Waals surface area (Å²) in [6.07, 6.45) is 15.9. The van der Waals surface area contributed by atoms with Crippen molar-refractivity contribution < 1.29 is 5.11 Å². The van der Waals surface area contributed by atoms with Gasteiger partial charge >= 0.3 is 0 Å². The highest BCUT2D eigenvalue weighted by atomic mass is 16.3. The molecule has 95 valence electrons. The van der Waals surface area contributed by atoms with E-state index in [1.807, 2.05) is 0 Å². The molecule has 0 bridgehead atoms. The predicted octanol–water partition coefficient (Wildman–Crippen LogP) is 5.39. The van der Waals surface area contributed by atoms with E-state index < -0.39 is 0 Å². The van der Waals surface area contributed by atoms with Gasteiger partial charge in [0.1, 0.15) is 0 Å². The third-order valence-electron chi connectivity index (χ3n) is 2.95. The molecule has 0 saturated carbocycles. The molecule has 16 heavy (non-hydrogen) atoms. The van der Waals surface area contributed by atoms with Crippen LogP contribution in [-0.2, 0) is 0 Å². The van der Waals surface area contributed by atoms with Crippen molar-refractivity contribution in [2.45, 2.75) is 77.6 Å². The van der Waals surface area contributed by atoms with Crippen LogP contribution in [0, 0.1) is 6.10 Å². The van der Waals surface area contributed by atoms with Crippen molar-refractivity contribution in [2.75, 3.05) is 0 Å². The third kappa shape index (κ3) is 11.8. The fourth-order valence-corrected chi connectivity index (χ4v) is 1.91. The van der Waals surface area contributed by atoms with Gasteiger partial charge in [-0.2, -0.15) is 0 Å². The van der Waals surface area contributed by atoms with E-state index in [1.54, 1.807) is 6.08 Å². The molecule has 1 N–H and O–H groups in total. The van der Waals surface area contributed by atoms with E-state index in [4.69, 9.17) is 0 Å². The van der Waals surface area contributed by atoms with Gasteiger partial charge in [0.05, 0.1) is 6.10 Å². The zero-order chi connectivity index (χ0) is 12.1. The quantitative estimate of drug-likeness (QED) is 0.349. The molecule has 0 aromatic carbocycles. The summed E-state index contributed by atoms with van der Waals surface area (Å²) in [6.45, 7) is 5.87. The van der Waals surface area contributed by atoms with Gasteiger partial charge < -0.3 is 5.11 Å². The van der Waals surface area contributed by atoms with Gasteiger partial charge in [-0.15, -0.1) is 6.58 Å². The normalized spacial score (nSPS) is 10.9. The van der Waals surface area contributed by atoms with Crippen molar-refractivity contribution in [1.29, 1.82) is 0 Å². The van der Waals surface area contributed by atoms with Crippen LogP contribution in [0.25, 0.3) is 0 Å². The molecule has 1 radical (unpaired) electrons. The van der Waals surface area contributed by atoms with E-state index in [2.05, 4.69) is 13.5 Å². The first-order valence-corrected chi connectivity index (χ1v) is 6.95. The largest absolute Gasteiger partial charge is 0.387 e. The average molecular weight is 225 g/mol. The Balaban J connectivity index is 3.00. The van der Waals surface area contributed by atoms with Crippen molar-refractivity contribution in [2.24, 2.45) is 0 Å². The second-order valence-corrected chi connectivity index (χ2v) is 4.64. The lowest BCUT2D eigenvalue weighted by Crippen LogP contribution is -1.93. The first kappa shape index (κ1) is 15.7. The fraction of sp³-hybridized carbons (Fsp3) is 0.800. The van der Waals surface area contributed by atoms with Crippen LogP contribution in [0.15, 0.2) is 12.7 Å². The van der Waals surface area contributed by atoms with E-state index in [0.717, 1.165) is 12.8 Å². The van der Waals surface area contributed by atoms with Crippen LogP contribution in [0.5, 0.6) is 0 Å². The van der Waals surface area contributed by atoms with Crippen LogP contribution in [0.1, 0.15) is 77.6 Å². The van der Waals surface area contributed by atoms with Gasteiger partial charge in [-0.25, -0.2) is 0 Å². The molecule has 1 heteroatoms. The lowest BCUT2D eigenvalue weighted by Gasteiger charge is -2.06. The molecule has 0 aromatic heterocycles. The van der Waals surface area contributed by atoms with Crippen molar-refractivity contribution in [3.05, 3.63) is 18.8 Å². The highest BCUT2D eigenvalue weighted by Gasteiger charge is 2.01. The topological polar surface area (TPSA) is 20.2 Å². The Morgan fingerprint density at radius 1 is 0.938 bits per heavy atom. The Labute approximate surface area is 102 Å². The van der Waals surface area contributed by atoms with Crippen LogP contribution in [0.3, 0.4) is 0 Å². The molecule has 0 aliphatic rings. The number of aliphatic hydroxyl groups is 1. The predicted molar refractivity (Wildman–Crippen MR) is 71.8 cm³/mol. The second-order valence-electron chi connectivity index (χ2n) is 4.64. The zero-order valence-electron chi connectivity index (χ0n) is 11.0. The lowest BCUT2D eigenvalue weighted by atomic mass is 10.0. The Kier molecular flexibility index (Phi) is 12.5. The van der Waals surface area contributed by atoms with Crippen molar-refractivity contribution in [3.8, 4) is 0 Å². The summed E-state index contributed by atoms with van der Waals surface area (Å²) in [4.78, 5) is 0. The maximum Gasteiger partial charge on any atom is 0.0970 e. The van der Waals surface area contributed by atoms with Crippen LogP contribution in [0.4, 0.5) is 0 Å². The van der Waals surface area contributed by atoms with Crippen LogP contribution < -0.4 is 0 Å². The summed E-state index contributed by atoms with van der Waals surface area (Å²) >= 11 is 0. The van der Waals surface area contributed by atoms with Gasteiger partial charge in [-0.3, -0.25) is 0 Å². The highest BCUT2D eigenvalue weighted by molar-refractivity contribution is 4.84. The SMILES string of the molecule is C=CC[C](O)CCCCCCCCCCC. The maximum atomic E-state index is 9.39. The molecule has 0 rings (SSSR count). The summed E-state index contributed by atoms with van der Waals surface area (Å²) in [6, 6.07) is 0. The first-order chi connectivity index (χ1) is 7.81. The van der Waals surface area contributed by atoms with E-state index in [0.29, 0.717) is 12.5 Å². The molecule has 0 aliphatic heterocycles. The molecule has 1 nitrogen and oxygen atoms in total. The standard InChI is InChI=1S/C15H29O/c1-3-5-6-7-8-9-10-11-12-14-15(16)13-4-2/h4,16H,2-3,5-14H2,1H3. The summed E-state index contributed by atoms with van der Waals surface area (Å²) in [7, 11) is 0. The minimum Gasteiger partial charge on any atom is -0.387 e. The molecule has 0 spiro atoms. The van der Waals surface area contributed by atoms with E-state index in [1.165, 1.54) is 51.4 Å². The van der Waals surface area contributed by atoms with Gasteiger partial charge in [-0.1, -0.05) is 70.8 Å². The number of hydrogen-bond donors (Lipinski definition) is 1. The number of aliphatic hydroxyl groups excluding tert-OH is 1. The van der Waals surface area contributed by atoms with E-state index in [-0.39, 0.29) is 0 Å². The Morgan fingerprint density at radius 2 is 1.44 bits per heavy atom. The number of unbranched alkanes of at least 4 members (excludes halogenated alkanes) is 8. The fourth-order valence-electron chi connectivity index (χ4n) is 1.91. The van der Waals surface area contributed by atoms with Crippen LogP contribution >= 0.6 is 0 Å². The number of rotatable bonds is 12. The van der Waals surface area contributed by atoms with Crippen molar-refractivity contribution in [1.82, 2.24) is 0 Å². The smallest absolute Gasteiger partial charge is 0.0970 e. The highest BCUT2D eigenvalue weighted by Crippen LogP contribution is 2.15. The monoisotopic (exact) mass is 225 g/mol. The summed E-state index contributed by atoms with van der Waals surface area (Å²) < 4.78 is 0. The first-order valence-electron chi connectivity index (χ1n) is 6.95. The Morgan fingerprint density at radius 3 is 1.94 bits per heavy atom. The summed E-state index contributed by atoms with van der Waals surface area (Å²) in [5.41, 5.74) is 0. The minimum atomic E-state index is 0.595. The Hall–Kier alpha value is -0.300. The van der Waals surface area contributed by atoms with Gasteiger partial charge in [0.2, 0.25) is 0 Å². The molecule has 0 fully saturated rings. The zero-order valence-corrected chi connectivity index (χ0v) is 11.0. The van der Waals surface area contributed by atoms with Gasteiger partial charge in [0.25, 0.3) is 0 Å².